The molecule has 1 aromatic carbocycles. The van der Waals surface area contributed by atoms with Crippen molar-refractivity contribution in [3.8, 4) is 5.75 Å². The summed E-state index contributed by atoms with van der Waals surface area (Å²) in [6.07, 6.45) is -0.897. The summed E-state index contributed by atoms with van der Waals surface area (Å²) in [6.45, 7) is 5.46. The first kappa shape index (κ1) is 17.8. The molecule has 0 unspecified atom stereocenters. The molecule has 0 aromatic heterocycles. The Bertz CT molecular complexity index is 715. The second-order valence-electron chi connectivity index (χ2n) is 6.06. The monoisotopic (exact) mass is 362 g/mol. The van der Waals surface area contributed by atoms with Gasteiger partial charge in [0.05, 0.1) is 12.3 Å². The van der Waals surface area contributed by atoms with Crippen molar-refractivity contribution in [2.24, 2.45) is 0 Å². The zero-order chi connectivity index (χ0) is 18.7. The molecule has 0 saturated carbocycles. The highest BCUT2D eigenvalue weighted by atomic mass is 16.6. The Balaban J connectivity index is 1.57. The van der Waals surface area contributed by atoms with Crippen LogP contribution in [0.4, 0.5) is 21.0 Å². The first-order valence-corrected chi connectivity index (χ1v) is 8.57. The third-order valence-corrected chi connectivity index (χ3v) is 4.25. The molecule has 2 N–H and O–H groups in total. The van der Waals surface area contributed by atoms with Gasteiger partial charge in [-0.3, -0.25) is 4.79 Å². The highest BCUT2D eigenvalue weighted by molar-refractivity contribution is 5.99. The predicted molar refractivity (Wildman–Crippen MR) is 94.3 cm³/mol. The van der Waals surface area contributed by atoms with Gasteiger partial charge >= 0.3 is 12.1 Å². The van der Waals surface area contributed by atoms with Crippen molar-refractivity contribution >= 4 is 29.4 Å². The number of amides is 4. The van der Waals surface area contributed by atoms with E-state index in [-0.39, 0.29) is 18.0 Å². The molecule has 0 spiro atoms. The van der Waals surface area contributed by atoms with Gasteiger partial charge in [0.25, 0.3) is 5.91 Å². The zero-order valence-electron chi connectivity index (χ0n) is 14.8. The summed E-state index contributed by atoms with van der Waals surface area (Å²) in [5.41, 5.74) is 1.08. The number of ether oxygens (including phenoxy) is 2. The fourth-order valence-electron chi connectivity index (χ4n) is 2.80. The second-order valence-corrected chi connectivity index (χ2v) is 6.06. The van der Waals surface area contributed by atoms with Crippen molar-refractivity contribution in [2.45, 2.75) is 20.0 Å². The van der Waals surface area contributed by atoms with Gasteiger partial charge in [-0.25, -0.2) is 9.59 Å². The molecule has 1 atom stereocenters. The number of carbonyl (C=O) groups excluding carboxylic acids is 3. The number of hydrogen-bond donors (Lipinski definition) is 2. The van der Waals surface area contributed by atoms with Crippen LogP contribution in [0.15, 0.2) is 18.2 Å². The van der Waals surface area contributed by atoms with Crippen LogP contribution >= 0.6 is 0 Å². The van der Waals surface area contributed by atoms with Gasteiger partial charge in [-0.05, 0) is 32.0 Å². The summed E-state index contributed by atoms with van der Waals surface area (Å²) in [4.78, 5) is 39.0. The normalized spacial score (nSPS) is 19.2. The number of piperazine rings is 1. The van der Waals surface area contributed by atoms with Crippen LogP contribution in [0.25, 0.3) is 0 Å². The molecule has 2 aliphatic rings. The molecule has 26 heavy (non-hydrogen) atoms. The van der Waals surface area contributed by atoms with E-state index in [0.29, 0.717) is 49.9 Å². The van der Waals surface area contributed by atoms with E-state index in [2.05, 4.69) is 10.6 Å². The van der Waals surface area contributed by atoms with Crippen LogP contribution in [0.1, 0.15) is 13.8 Å². The van der Waals surface area contributed by atoms with Gasteiger partial charge < -0.3 is 29.9 Å². The quantitative estimate of drug-likeness (QED) is 0.834. The van der Waals surface area contributed by atoms with Crippen LogP contribution in [-0.4, -0.2) is 66.7 Å². The van der Waals surface area contributed by atoms with Crippen molar-refractivity contribution in [1.82, 2.24) is 9.80 Å². The highest BCUT2D eigenvalue weighted by Gasteiger charge is 2.26. The molecule has 1 aromatic rings. The van der Waals surface area contributed by atoms with Crippen LogP contribution in [-0.2, 0) is 9.53 Å². The van der Waals surface area contributed by atoms with E-state index in [9.17, 15) is 14.4 Å². The lowest BCUT2D eigenvalue weighted by Gasteiger charge is -2.34. The molecule has 0 aliphatic carbocycles. The summed E-state index contributed by atoms with van der Waals surface area (Å²) in [5, 5.41) is 5.55. The summed E-state index contributed by atoms with van der Waals surface area (Å²) < 4.78 is 10.5. The number of fused-ring (bicyclic) bond motifs is 1. The maximum Gasteiger partial charge on any atom is 0.409 e. The van der Waals surface area contributed by atoms with E-state index >= 15 is 0 Å². The van der Waals surface area contributed by atoms with Gasteiger partial charge in [-0.1, -0.05) is 0 Å². The first-order valence-electron chi connectivity index (χ1n) is 8.57. The van der Waals surface area contributed by atoms with Gasteiger partial charge in [-0.15, -0.1) is 0 Å². The van der Waals surface area contributed by atoms with E-state index in [1.807, 2.05) is 0 Å². The van der Waals surface area contributed by atoms with Crippen LogP contribution in [0.3, 0.4) is 0 Å². The van der Waals surface area contributed by atoms with Crippen LogP contribution in [0, 0.1) is 0 Å². The number of nitrogens with zero attached hydrogens (tertiary/aromatic N) is 2. The molecule has 1 saturated heterocycles. The molecule has 140 valence electrons. The number of carbonyl (C=O) groups is 3. The third-order valence-electron chi connectivity index (χ3n) is 4.25. The fraction of sp³-hybridized carbons (Fsp3) is 0.471. The Morgan fingerprint density at radius 1 is 1.27 bits per heavy atom. The zero-order valence-corrected chi connectivity index (χ0v) is 14.8. The molecule has 9 heteroatoms. The molecule has 4 amide bonds. The second kappa shape index (κ2) is 7.51. The van der Waals surface area contributed by atoms with E-state index in [1.54, 1.807) is 41.8 Å². The lowest BCUT2D eigenvalue weighted by Crippen LogP contribution is -2.51. The van der Waals surface area contributed by atoms with Crippen molar-refractivity contribution in [1.29, 1.82) is 0 Å². The molecule has 3 rings (SSSR count). The lowest BCUT2D eigenvalue weighted by molar-refractivity contribution is -0.122. The largest absolute Gasteiger partial charge is 0.479 e. The van der Waals surface area contributed by atoms with Crippen molar-refractivity contribution in [3.63, 3.8) is 0 Å². The lowest BCUT2D eigenvalue weighted by atomic mass is 10.2. The van der Waals surface area contributed by atoms with E-state index < -0.39 is 6.10 Å². The minimum absolute atomic E-state index is 0.226. The van der Waals surface area contributed by atoms with Gasteiger partial charge in [-0.2, -0.15) is 0 Å². The maximum atomic E-state index is 12.4. The first-order chi connectivity index (χ1) is 12.5. The van der Waals surface area contributed by atoms with Crippen LogP contribution < -0.4 is 15.4 Å². The maximum absolute atomic E-state index is 12.4. The molecular weight excluding hydrogens is 340 g/mol. The Kier molecular flexibility index (Phi) is 5.15. The molecule has 2 aliphatic heterocycles. The minimum atomic E-state index is -0.543. The third kappa shape index (κ3) is 3.81. The SMILES string of the molecule is CCOC(=O)N1CCN(C(=O)Nc2ccc3c(c2)NC(=O)[C@H](C)O3)CC1. The number of urea groups is 1. The van der Waals surface area contributed by atoms with Gasteiger partial charge in [0.15, 0.2) is 6.10 Å². The molecular formula is C17H22N4O5. The smallest absolute Gasteiger partial charge is 0.409 e. The molecule has 0 radical (unpaired) electrons. The topological polar surface area (TPSA) is 100 Å². The number of benzene rings is 1. The molecule has 2 heterocycles. The van der Waals surface area contributed by atoms with Gasteiger partial charge in [0, 0.05) is 31.9 Å². The van der Waals surface area contributed by atoms with Crippen LogP contribution in [0.5, 0.6) is 5.75 Å². The van der Waals surface area contributed by atoms with Gasteiger partial charge in [0.1, 0.15) is 5.75 Å². The molecule has 1 fully saturated rings. The Morgan fingerprint density at radius 2 is 1.96 bits per heavy atom. The van der Waals surface area contributed by atoms with Gasteiger partial charge in [0.2, 0.25) is 0 Å². The van der Waals surface area contributed by atoms with E-state index in [4.69, 9.17) is 9.47 Å². The average molecular weight is 362 g/mol. The molecule has 0 bridgehead atoms. The number of nitrogens with one attached hydrogen (secondary N) is 2. The fourth-order valence-corrected chi connectivity index (χ4v) is 2.80. The van der Waals surface area contributed by atoms with Crippen molar-refractivity contribution < 1.29 is 23.9 Å². The Morgan fingerprint density at radius 3 is 2.65 bits per heavy atom. The predicted octanol–water partition coefficient (Wildman–Crippen LogP) is 1.71. The van der Waals surface area contributed by atoms with E-state index in [1.165, 1.54) is 0 Å². The average Bonchev–Trinajstić information content (AvgIpc) is 2.63. The van der Waals surface area contributed by atoms with E-state index in [0.717, 1.165) is 0 Å². The number of anilines is 2. The van der Waals surface area contributed by atoms with Crippen molar-refractivity contribution in [3.05, 3.63) is 18.2 Å². The standard InChI is InChI=1S/C17H22N4O5/c1-3-25-17(24)21-8-6-20(7-9-21)16(23)18-12-4-5-14-13(10-12)19-15(22)11(2)26-14/h4-5,10-11H,3,6-9H2,1-2H3,(H,18,23)(H,19,22)/t11-/m0/s1. The molecule has 9 nitrogen and oxygen atoms in total. The summed E-state index contributed by atoms with van der Waals surface area (Å²) in [6, 6.07) is 4.83. The highest BCUT2D eigenvalue weighted by Crippen LogP contribution is 2.32. The number of hydrogen-bond acceptors (Lipinski definition) is 5. The summed E-state index contributed by atoms with van der Waals surface area (Å²) in [7, 11) is 0. The Hall–Kier alpha value is -2.97. The van der Waals surface area contributed by atoms with Crippen molar-refractivity contribution in [2.75, 3.05) is 43.4 Å². The minimum Gasteiger partial charge on any atom is -0.479 e. The van der Waals surface area contributed by atoms with Crippen LogP contribution in [0.2, 0.25) is 0 Å². The summed E-state index contributed by atoms with van der Waals surface area (Å²) in [5.74, 6) is 0.342. The summed E-state index contributed by atoms with van der Waals surface area (Å²) >= 11 is 0. The Labute approximate surface area is 151 Å². The number of rotatable bonds is 2.